The van der Waals surface area contributed by atoms with Gasteiger partial charge in [0.1, 0.15) is 6.10 Å². The fourth-order valence-corrected chi connectivity index (χ4v) is 4.57. The summed E-state index contributed by atoms with van der Waals surface area (Å²) in [5.41, 5.74) is 0. The number of alkyl halides is 1. The van der Waals surface area contributed by atoms with E-state index in [0.717, 1.165) is 32.1 Å². The largest absolute Gasteiger partial charge is 0.458 e. The summed E-state index contributed by atoms with van der Waals surface area (Å²) >= 11 is 3.71. The van der Waals surface area contributed by atoms with Gasteiger partial charge in [-0.25, -0.2) is 0 Å². The van der Waals surface area contributed by atoms with Crippen LogP contribution in [0.25, 0.3) is 0 Å². The normalized spacial score (nSPS) is 26.8. The predicted molar refractivity (Wildman–Crippen MR) is 98.0 cm³/mol. The molecule has 5 heteroatoms. The molecule has 0 aromatic heterocycles. The SMILES string of the molecule is CCCCC(=O)OC1C(Br)CCC[C@H]1O[Si](C)(C)C(C)(C)C. The standard InChI is InChI=1S/C17H33BrO3Si/c1-7-8-12-15(19)20-16-13(18)10-9-11-14(16)21-22(5,6)17(2,3)4/h13-14,16H,7-12H2,1-6H3/t13?,14-,16?/m1/s1. The maximum absolute atomic E-state index is 12.0. The van der Waals surface area contributed by atoms with Crippen molar-refractivity contribution < 1.29 is 14.0 Å². The molecule has 0 bridgehead atoms. The van der Waals surface area contributed by atoms with Crippen LogP contribution in [-0.2, 0) is 14.0 Å². The summed E-state index contributed by atoms with van der Waals surface area (Å²) in [6, 6.07) is 0. The first-order chi connectivity index (χ1) is 10.1. The highest BCUT2D eigenvalue weighted by Gasteiger charge is 2.44. The second-order valence-electron chi connectivity index (χ2n) is 7.92. The molecule has 3 atom stereocenters. The number of rotatable bonds is 6. The van der Waals surface area contributed by atoms with Crippen molar-refractivity contribution in [3.8, 4) is 0 Å². The van der Waals surface area contributed by atoms with Crippen LogP contribution in [0.1, 0.15) is 66.2 Å². The van der Waals surface area contributed by atoms with E-state index in [1.807, 2.05) is 0 Å². The van der Waals surface area contributed by atoms with Crippen molar-refractivity contribution in [3.05, 3.63) is 0 Å². The van der Waals surface area contributed by atoms with E-state index in [0.29, 0.717) is 6.42 Å². The molecular formula is C17H33BrO3Si. The van der Waals surface area contributed by atoms with E-state index in [4.69, 9.17) is 9.16 Å². The molecule has 1 rings (SSSR count). The topological polar surface area (TPSA) is 35.5 Å². The molecule has 0 spiro atoms. The molecule has 0 amide bonds. The zero-order valence-corrected chi connectivity index (χ0v) is 17.7. The van der Waals surface area contributed by atoms with E-state index >= 15 is 0 Å². The fraction of sp³-hybridized carbons (Fsp3) is 0.941. The van der Waals surface area contributed by atoms with Crippen LogP contribution in [0.5, 0.6) is 0 Å². The lowest BCUT2D eigenvalue weighted by molar-refractivity contribution is -0.156. The zero-order chi connectivity index (χ0) is 17.0. The third kappa shape index (κ3) is 5.64. The van der Waals surface area contributed by atoms with Crippen LogP contribution in [-0.4, -0.2) is 31.3 Å². The van der Waals surface area contributed by atoms with Gasteiger partial charge in [-0.15, -0.1) is 0 Å². The van der Waals surface area contributed by atoms with Gasteiger partial charge >= 0.3 is 5.97 Å². The molecular weight excluding hydrogens is 360 g/mol. The molecule has 0 N–H and O–H groups in total. The minimum atomic E-state index is -1.85. The zero-order valence-electron chi connectivity index (χ0n) is 15.1. The smallest absolute Gasteiger partial charge is 0.306 e. The third-order valence-corrected chi connectivity index (χ3v) is 10.4. The van der Waals surface area contributed by atoms with Crippen LogP contribution in [0, 0.1) is 0 Å². The van der Waals surface area contributed by atoms with Crippen molar-refractivity contribution in [1.82, 2.24) is 0 Å². The molecule has 3 nitrogen and oxygen atoms in total. The van der Waals surface area contributed by atoms with Crippen molar-refractivity contribution in [2.24, 2.45) is 0 Å². The molecule has 0 aromatic rings. The van der Waals surface area contributed by atoms with Gasteiger partial charge in [0.05, 0.1) is 10.9 Å². The van der Waals surface area contributed by atoms with E-state index < -0.39 is 8.32 Å². The van der Waals surface area contributed by atoms with Crippen LogP contribution >= 0.6 is 15.9 Å². The summed E-state index contributed by atoms with van der Waals surface area (Å²) in [6.45, 7) is 13.4. The highest BCUT2D eigenvalue weighted by atomic mass is 79.9. The van der Waals surface area contributed by atoms with Gasteiger partial charge in [0.15, 0.2) is 8.32 Å². The Hall–Kier alpha value is 0.127. The molecule has 1 aliphatic carbocycles. The molecule has 0 radical (unpaired) electrons. The van der Waals surface area contributed by atoms with Crippen LogP contribution < -0.4 is 0 Å². The third-order valence-electron chi connectivity index (χ3n) is 4.95. The van der Waals surface area contributed by atoms with E-state index in [9.17, 15) is 4.79 Å². The van der Waals surface area contributed by atoms with E-state index in [-0.39, 0.29) is 28.0 Å². The van der Waals surface area contributed by atoms with Gasteiger partial charge in [0.2, 0.25) is 0 Å². The van der Waals surface area contributed by atoms with Crippen molar-refractivity contribution in [3.63, 3.8) is 0 Å². The fourth-order valence-electron chi connectivity index (χ4n) is 2.44. The Kier molecular flexibility index (Phi) is 7.60. The summed E-state index contributed by atoms with van der Waals surface area (Å²) in [5.74, 6) is -0.0815. The van der Waals surface area contributed by atoms with Gasteiger partial charge < -0.3 is 9.16 Å². The maximum Gasteiger partial charge on any atom is 0.306 e. The van der Waals surface area contributed by atoms with Gasteiger partial charge in [-0.3, -0.25) is 4.79 Å². The summed E-state index contributed by atoms with van der Waals surface area (Å²) in [6.07, 6.45) is 5.46. The Balaban J connectivity index is 2.75. The van der Waals surface area contributed by atoms with Gasteiger partial charge in [-0.2, -0.15) is 0 Å². The predicted octanol–water partition coefficient (Wildman–Crippen LogP) is 5.43. The molecule has 1 fully saturated rings. The number of unbranched alkanes of at least 4 members (excludes halogenated alkanes) is 1. The second kappa shape index (κ2) is 8.29. The molecule has 0 saturated heterocycles. The highest BCUT2D eigenvalue weighted by molar-refractivity contribution is 9.09. The van der Waals surface area contributed by atoms with E-state index in [2.05, 4.69) is 56.7 Å². The molecule has 1 aliphatic rings. The number of carbonyl (C=O) groups excluding carboxylic acids is 1. The average Bonchev–Trinajstić information content (AvgIpc) is 2.38. The number of halogens is 1. The van der Waals surface area contributed by atoms with Crippen molar-refractivity contribution in [1.29, 1.82) is 0 Å². The molecule has 2 unspecified atom stereocenters. The lowest BCUT2D eigenvalue weighted by atomic mass is 9.94. The van der Waals surface area contributed by atoms with E-state index in [1.54, 1.807) is 0 Å². The first-order valence-corrected chi connectivity index (χ1v) is 12.4. The second-order valence-corrected chi connectivity index (χ2v) is 13.9. The first kappa shape index (κ1) is 20.2. The van der Waals surface area contributed by atoms with Crippen molar-refractivity contribution >= 4 is 30.2 Å². The monoisotopic (exact) mass is 392 g/mol. The highest BCUT2D eigenvalue weighted by Crippen LogP contribution is 2.40. The lowest BCUT2D eigenvalue weighted by Gasteiger charge is -2.43. The Bertz CT molecular complexity index is 365. The Morgan fingerprint density at radius 2 is 1.91 bits per heavy atom. The van der Waals surface area contributed by atoms with Crippen LogP contribution in [0.15, 0.2) is 0 Å². The van der Waals surface area contributed by atoms with Gasteiger partial charge in [-0.1, -0.05) is 50.0 Å². The minimum absolute atomic E-state index is 0.0320. The number of hydrogen-bond acceptors (Lipinski definition) is 3. The van der Waals surface area contributed by atoms with Crippen LogP contribution in [0.4, 0.5) is 0 Å². The van der Waals surface area contributed by atoms with Gasteiger partial charge in [0, 0.05) is 6.42 Å². The summed E-state index contributed by atoms with van der Waals surface area (Å²) < 4.78 is 12.4. The molecule has 130 valence electrons. The molecule has 0 aromatic carbocycles. The lowest BCUT2D eigenvalue weighted by Crippen LogP contribution is -2.51. The summed E-state index contributed by atoms with van der Waals surface area (Å²) in [5, 5.41) is 0.170. The molecule has 1 saturated carbocycles. The Morgan fingerprint density at radius 3 is 2.45 bits per heavy atom. The summed E-state index contributed by atoms with van der Waals surface area (Å²) in [7, 11) is -1.85. The van der Waals surface area contributed by atoms with Crippen molar-refractivity contribution in [2.45, 2.75) is 101 Å². The Morgan fingerprint density at radius 1 is 1.27 bits per heavy atom. The average molecular weight is 393 g/mol. The Labute approximate surface area is 145 Å². The number of esters is 1. The number of hydrogen-bond donors (Lipinski definition) is 0. The quantitative estimate of drug-likeness (QED) is 0.343. The molecule has 22 heavy (non-hydrogen) atoms. The number of ether oxygens (including phenoxy) is 1. The van der Waals surface area contributed by atoms with Crippen molar-refractivity contribution in [2.75, 3.05) is 0 Å². The van der Waals surface area contributed by atoms with Gasteiger partial charge in [-0.05, 0) is 43.8 Å². The molecule has 0 aliphatic heterocycles. The van der Waals surface area contributed by atoms with Crippen LogP contribution in [0.2, 0.25) is 18.1 Å². The first-order valence-electron chi connectivity index (χ1n) is 8.60. The summed E-state index contributed by atoms with van der Waals surface area (Å²) in [4.78, 5) is 12.2. The number of carbonyl (C=O) groups is 1. The minimum Gasteiger partial charge on any atom is -0.458 e. The van der Waals surface area contributed by atoms with Crippen LogP contribution in [0.3, 0.4) is 0 Å². The maximum atomic E-state index is 12.0. The van der Waals surface area contributed by atoms with E-state index in [1.165, 1.54) is 0 Å². The molecule has 0 heterocycles. The van der Waals surface area contributed by atoms with Gasteiger partial charge in [0.25, 0.3) is 0 Å².